The van der Waals surface area contributed by atoms with Gasteiger partial charge in [0.25, 0.3) is 5.91 Å². The second-order valence-corrected chi connectivity index (χ2v) is 4.24. The summed E-state index contributed by atoms with van der Waals surface area (Å²) in [5, 5.41) is 2.82. The summed E-state index contributed by atoms with van der Waals surface area (Å²) in [5.41, 5.74) is 1.20. The Morgan fingerprint density at radius 2 is 2.00 bits per heavy atom. The van der Waals surface area contributed by atoms with Gasteiger partial charge in [0, 0.05) is 18.7 Å². The van der Waals surface area contributed by atoms with E-state index < -0.39 is 0 Å². The van der Waals surface area contributed by atoms with Crippen LogP contribution in [-0.2, 0) is 0 Å². The zero-order valence-electron chi connectivity index (χ0n) is 11.3. The summed E-state index contributed by atoms with van der Waals surface area (Å²) in [6.07, 6.45) is 0. The molecule has 0 radical (unpaired) electrons. The van der Waals surface area contributed by atoms with Gasteiger partial charge in [-0.15, -0.1) is 0 Å². The summed E-state index contributed by atoms with van der Waals surface area (Å²) in [6.45, 7) is 9.29. The van der Waals surface area contributed by atoms with E-state index in [0.29, 0.717) is 12.1 Å². The van der Waals surface area contributed by atoms with Crippen LogP contribution in [0, 0.1) is 12.7 Å². The number of carbonyl (C=O) groups excluding carboxylic acids is 1. The van der Waals surface area contributed by atoms with E-state index in [1.165, 1.54) is 12.1 Å². The van der Waals surface area contributed by atoms with Crippen LogP contribution in [0.1, 0.15) is 29.8 Å². The van der Waals surface area contributed by atoms with Crippen LogP contribution in [0.5, 0.6) is 0 Å². The normalized spacial score (nSPS) is 10.7. The van der Waals surface area contributed by atoms with E-state index in [1.54, 1.807) is 13.0 Å². The number of carbonyl (C=O) groups is 1. The van der Waals surface area contributed by atoms with Crippen LogP contribution in [0.3, 0.4) is 0 Å². The largest absolute Gasteiger partial charge is 0.351 e. The third-order valence-electron chi connectivity index (χ3n) is 3.05. The molecule has 0 atom stereocenters. The van der Waals surface area contributed by atoms with Crippen molar-refractivity contribution in [2.45, 2.75) is 20.8 Å². The molecule has 18 heavy (non-hydrogen) atoms. The first-order chi connectivity index (χ1) is 8.58. The van der Waals surface area contributed by atoms with Crippen LogP contribution in [0.15, 0.2) is 18.2 Å². The maximum atomic E-state index is 13.1. The number of likely N-dealkylation sites (N-methyl/N-ethyl adjacent to an activating group) is 1. The molecule has 1 aromatic carbocycles. The molecule has 0 bridgehead atoms. The molecule has 1 rings (SSSR count). The standard InChI is InChI=1S/C14H21FN2O/c1-4-17(5-2)9-8-16-14(18)13-10-12(15)7-6-11(13)3/h6-7,10H,4-5,8-9H2,1-3H3,(H,16,18). The van der Waals surface area contributed by atoms with Gasteiger partial charge in [-0.3, -0.25) is 4.79 Å². The fraction of sp³-hybridized carbons (Fsp3) is 0.500. The fourth-order valence-corrected chi connectivity index (χ4v) is 1.80. The average Bonchev–Trinajstić information content (AvgIpc) is 2.37. The van der Waals surface area contributed by atoms with Crippen LogP contribution < -0.4 is 5.32 Å². The van der Waals surface area contributed by atoms with Gasteiger partial charge in [0.05, 0.1) is 0 Å². The van der Waals surface area contributed by atoms with Gasteiger partial charge in [-0.05, 0) is 37.7 Å². The van der Waals surface area contributed by atoms with Gasteiger partial charge >= 0.3 is 0 Å². The summed E-state index contributed by atoms with van der Waals surface area (Å²) in [7, 11) is 0. The zero-order chi connectivity index (χ0) is 13.5. The minimum atomic E-state index is -0.380. The highest BCUT2D eigenvalue weighted by Gasteiger charge is 2.09. The van der Waals surface area contributed by atoms with Gasteiger partial charge in [-0.25, -0.2) is 4.39 Å². The Kier molecular flexibility index (Phi) is 5.78. The molecule has 0 heterocycles. The molecule has 0 aromatic heterocycles. The molecule has 0 aliphatic heterocycles. The summed E-state index contributed by atoms with van der Waals surface area (Å²) < 4.78 is 13.1. The third-order valence-corrected chi connectivity index (χ3v) is 3.05. The lowest BCUT2D eigenvalue weighted by Crippen LogP contribution is -2.35. The van der Waals surface area contributed by atoms with Gasteiger partial charge in [-0.2, -0.15) is 0 Å². The number of benzene rings is 1. The summed E-state index contributed by atoms with van der Waals surface area (Å²) in [4.78, 5) is 14.1. The van der Waals surface area contributed by atoms with E-state index in [0.717, 1.165) is 25.2 Å². The molecule has 4 heteroatoms. The first kappa shape index (κ1) is 14.6. The lowest BCUT2D eigenvalue weighted by atomic mass is 10.1. The van der Waals surface area contributed by atoms with E-state index in [9.17, 15) is 9.18 Å². The van der Waals surface area contributed by atoms with E-state index in [-0.39, 0.29) is 11.7 Å². The number of aryl methyl sites for hydroxylation is 1. The molecule has 3 nitrogen and oxygen atoms in total. The average molecular weight is 252 g/mol. The SMILES string of the molecule is CCN(CC)CCNC(=O)c1cc(F)ccc1C. The van der Waals surface area contributed by atoms with E-state index in [1.807, 2.05) is 0 Å². The number of amides is 1. The highest BCUT2D eigenvalue weighted by atomic mass is 19.1. The number of halogens is 1. The number of rotatable bonds is 6. The Hall–Kier alpha value is -1.42. The van der Waals surface area contributed by atoms with Crippen molar-refractivity contribution in [3.63, 3.8) is 0 Å². The second-order valence-electron chi connectivity index (χ2n) is 4.24. The van der Waals surface area contributed by atoms with Gasteiger partial charge in [0.15, 0.2) is 0 Å². The van der Waals surface area contributed by atoms with Crippen molar-refractivity contribution in [2.75, 3.05) is 26.2 Å². The van der Waals surface area contributed by atoms with Crippen molar-refractivity contribution < 1.29 is 9.18 Å². The molecule has 100 valence electrons. The Morgan fingerprint density at radius 3 is 2.61 bits per heavy atom. The lowest BCUT2D eigenvalue weighted by molar-refractivity contribution is 0.0948. The molecular weight excluding hydrogens is 231 g/mol. The molecule has 0 aliphatic carbocycles. The smallest absolute Gasteiger partial charge is 0.251 e. The summed E-state index contributed by atoms with van der Waals surface area (Å²) >= 11 is 0. The molecular formula is C14H21FN2O. The molecule has 1 N–H and O–H groups in total. The number of nitrogens with zero attached hydrogens (tertiary/aromatic N) is 1. The van der Waals surface area contributed by atoms with Crippen LogP contribution in [0.25, 0.3) is 0 Å². The minimum absolute atomic E-state index is 0.209. The van der Waals surface area contributed by atoms with Crippen LogP contribution in [-0.4, -0.2) is 37.0 Å². The highest BCUT2D eigenvalue weighted by Crippen LogP contribution is 2.09. The van der Waals surface area contributed by atoms with Gasteiger partial charge < -0.3 is 10.2 Å². The van der Waals surface area contributed by atoms with E-state index >= 15 is 0 Å². The molecule has 0 saturated heterocycles. The molecule has 1 aromatic rings. The first-order valence-electron chi connectivity index (χ1n) is 6.35. The monoisotopic (exact) mass is 252 g/mol. The highest BCUT2D eigenvalue weighted by molar-refractivity contribution is 5.95. The fourth-order valence-electron chi connectivity index (χ4n) is 1.80. The third kappa shape index (κ3) is 4.11. The van der Waals surface area contributed by atoms with Crippen molar-refractivity contribution in [2.24, 2.45) is 0 Å². The number of hydrogen-bond donors (Lipinski definition) is 1. The molecule has 0 saturated carbocycles. The number of nitrogens with one attached hydrogen (secondary N) is 1. The Labute approximate surface area is 108 Å². The number of hydrogen-bond acceptors (Lipinski definition) is 2. The maximum absolute atomic E-state index is 13.1. The molecule has 0 fully saturated rings. The van der Waals surface area contributed by atoms with Gasteiger partial charge in [0.1, 0.15) is 5.82 Å². The molecule has 0 unspecified atom stereocenters. The quantitative estimate of drug-likeness (QED) is 0.842. The lowest BCUT2D eigenvalue weighted by Gasteiger charge is -2.18. The van der Waals surface area contributed by atoms with Gasteiger partial charge in [-0.1, -0.05) is 19.9 Å². The van der Waals surface area contributed by atoms with Crippen molar-refractivity contribution in [3.8, 4) is 0 Å². The Morgan fingerprint density at radius 1 is 1.33 bits per heavy atom. The molecule has 1 amide bonds. The van der Waals surface area contributed by atoms with Crippen LogP contribution in [0.4, 0.5) is 4.39 Å². The topological polar surface area (TPSA) is 32.3 Å². The Bertz CT molecular complexity index is 403. The van der Waals surface area contributed by atoms with E-state index in [4.69, 9.17) is 0 Å². The molecule has 0 aliphatic rings. The first-order valence-corrected chi connectivity index (χ1v) is 6.35. The van der Waals surface area contributed by atoms with Crippen molar-refractivity contribution in [1.82, 2.24) is 10.2 Å². The Balaban J connectivity index is 2.53. The van der Waals surface area contributed by atoms with Crippen molar-refractivity contribution >= 4 is 5.91 Å². The summed E-state index contributed by atoms with van der Waals surface area (Å²) in [6, 6.07) is 4.26. The van der Waals surface area contributed by atoms with Gasteiger partial charge in [0.2, 0.25) is 0 Å². The van der Waals surface area contributed by atoms with E-state index in [2.05, 4.69) is 24.1 Å². The van der Waals surface area contributed by atoms with Crippen LogP contribution in [0.2, 0.25) is 0 Å². The zero-order valence-corrected chi connectivity index (χ0v) is 11.3. The predicted octanol–water partition coefficient (Wildman–Crippen LogP) is 2.21. The summed E-state index contributed by atoms with van der Waals surface area (Å²) in [5.74, 6) is -0.589. The minimum Gasteiger partial charge on any atom is -0.351 e. The predicted molar refractivity (Wildman–Crippen MR) is 71.3 cm³/mol. The molecule has 0 spiro atoms. The second kappa shape index (κ2) is 7.11. The van der Waals surface area contributed by atoms with Crippen LogP contribution >= 0.6 is 0 Å². The van der Waals surface area contributed by atoms with Crippen molar-refractivity contribution in [1.29, 1.82) is 0 Å². The van der Waals surface area contributed by atoms with Crippen molar-refractivity contribution in [3.05, 3.63) is 35.1 Å². The maximum Gasteiger partial charge on any atom is 0.251 e.